The van der Waals surface area contributed by atoms with E-state index in [1.807, 2.05) is 18.2 Å². The summed E-state index contributed by atoms with van der Waals surface area (Å²) >= 11 is 6.22. The maximum Gasteiger partial charge on any atom is 0.121 e. The molecule has 1 aromatic heterocycles. The maximum absolute atomic E-state index is 9.67. The van der Waals surface area contributed by atoms with Gasteiger partial charge in [-0.2, -0.15) is 5.10 Å². The van der Waals surface area contributed by atoms with Crippen LogP contribution >= 0.6 is 11.6 Å². The fourth-order valence-corrected chi connectivity index (χ4v) is 3.47. The first-order valence-electron chi connectivity index (χ1n) is 8.04. The lowest BCUT2D eigenvalue weighted by molar-refractivity contribution is 0.450. The third-order valence-electron chi connectivity index (χ3n) is 4.47. The molecule has 1 fully saturated rings. The summed E-state index contributed by atoms with van der Waals surface area (Å²) in [6.07, 6.45) is 1.77. The Labute approximate surface area is 149 Å². The van der Waals surface area contributed by atoms with Crippen LogP contribution in [-0.4, -0.2) is 46.6 Å². The zero-order valence-corrected chi connectivity index (χ0v) is 14.2. The van der Waals surface area contributed by atoms with Crippen LogP contribution in [0.1, 0.15) is 0 Å². The number of rotatable bonds is 2. The third-order valence-corrected chi connectivity index (χ3v) is 4.78. The van der Waals surface area contributed by atoms with Crippen molar-refractivity contribution in [2.24, 2.45) is 0 Å². The molecule has 2 aromatic carbocycles. The van der Waals surface area contributed by atoms with E-state index in [2.05, 4.69) is 20.0 Å². The first-order valence-corrected chi connectivity index (χ1v) is 8.42. The number of aromatic hydroxyl groups is 2. The third kappa shape index (κ3) is 3.00. The summed E-state index contributed by atoms with van der Waals surface area (Å²) in [7, 11) is 0. The normalized spacial score (nSPS) is 14.9. The van der Waals surface area contributed by atoms with Crippen molar-refractivity contribution in [3.05, 3.63) is 47.6 Å². The fraction of sp³-hybridized carbons (Fsp3) is 0.222. The number of piperazine rings is 1. The number of anilines is 2. The highest BCUT2D eigenvalue weighted by atomic mass is 35.5. The van der Waals surface area contributed by atoms with Gasteiger partial charge in [-0.25, -0.2) is 0 Å². The van der Waals surface area contributed by atoms with Gasteiger partial charge in [-0.3, -0.25) is 0 Å². The van der Waals surface area contributed by atoms with Gasteiger partial charge >= 0.3 is 0 Å². The molecule has 0 bridgehead atoms. The molecule has 3 aromatic rings. The topological polar surface area (TPSA) is 72.7 Å². The Morgan fingerprint density at radius 3 is 2.32 bits per heavy atom. The van der Waals surface area contributed by atoms with Crippen molar-refractivity contribution in [3.63, 3.8) is 0 Å². The number of hydrogen-bond donors (Lipinski definition) is 2. The Hall–Kier alpha value is -2.73. The van der Waals surface area contributed by atoms with Gasteiger partial charge in [0.2, 0.25) is 0 Å². The van der Waals surface area contributed by atoms with Gasteiger partial charge in [0.15, 0.2) is 0 Å². The molecule has 7 heteroatoms. The lowest BCUT2D eigenvalue weighted by atomic mass is 10.1. The molecule has 0 saturated carbocycles. The number of hydrogen-bond acceptors (Lipinski definition) is 6. The minimum atomic E-state index is 0.0661. The first kappa shape index (κ1) is 15.8. The predicted molar refractivity (Wildman–Crippen MR) is 98.7 cm³/mol. The molecular formula is C18H17ClN4O2. The van der Waals surface area contributed by atoms with E-state index in [0.717, 1.165) is 42.9 Å². The number of benzene rings is 2. The minimum Gasteiger partial charge on any atom is -0.508 e. The van der Waals surface area contributed by atoms with E-state index in [1.165, 1.54) is 6.07 Å². The van der Waals surface area contributed by atoms with E-state index in [1.54, 1.807) is 18.3 Å². The molecule has 0 amide bonds. The second-order valence-electron chi connectivity index (χ2n) is 6.05. The molecule has 4 rings (SSSR count). The van der Waals surface area contributed by atoms with Crippen molar-refractivity contribution in [1.82, 2.24) is 10.2 Å². The molecule has 0 aliphatic carbocycles. The van der Waals surface area contributed by atoms with Crippen molar-refractivity contribution in [2.75, 3.05) is 36.0 Å². The molecule has 0 unspecified atom stereocenters. The van der Waals surface area contributed by atoms with E-state index in [0.29, 0.717) is 10.5 Å². The quantitative estimate of drug-likeness (QED) is 0.735. The number of phenolic OH excluding ortho intramolecular Hbond substituents is 2. The average molecular weight is 357 g/mol. The molecule has 0 atom stereocenters. The van der Waals surface area contributed by atoms with Crippen molar-refractivity contribution in [1.29, 1.82) is 0 Å². The zero-order chi connectivity index (χ0) is 17.4. The van der Waals surface area contributed by atoms with Gasteiger partial charge in [-0.1, -0.05) is 23.7 Å². The second kappa shape index (κ2) is 6.29. The van der Waals surface area contributed by atoms with Crippen molar-refractivity contribution in [3.8, 4) is 11.5 Å². The molecule has 1 saturated heterocycles. The number of halogens is 1. The van der Waals surface area contributed by atoms with Crippen LogP contribution in [0.2, 0.25) is 5.02 Å². The summed E-state index contributed by atoms with van der Waals surface area (Å²) in [6.45, 7) is 3.13. The van der Waals surface area contributed by atoms with E-state index in [4.69, 9.17) is 11.6 Å². The fourth-order valence-electron chi connectivity index (χ4n) is 3.25. The van der Waals surface area contributed by atoms with Crippen LogP contribution in [0.5, 0.6) is 11.5 Å². The van der Waals surface area contributed by atoms with Gasteiger partial charge in [0.1, 0.15) is 17.0 Å². The van der Waals surface area contributed by atoms with Gasteiger partial charge in [-0.05, 0) is 6.07 Å². The monoisotopic (exact) mass is 356 g/mol. The summed E-state index contributed by atoms with van der Waals surface area (Å²) in [5, 5.41) is 29.2. The summed E-state index contributed by atoms with van der Waals surface area (Å²) < 4.78 is 0. The van der Waals surface area contributed by atoms with Gasteiger partial charge in [-0.15, -0.1) is 5.10 Å². The Bertz CT molecular complexity index is 906. The van der Waals surface area contributed by atoms with Crippen molar-refractivity contribution in [2.45, 2.75) is 0 Å². The first-order chi connectivity index (χ1) is 12.1. The maximum atomic E-state index is 9.67. The molecule has 2 heterocycles. The summed E-state index contributed by atoms with van der Waals surface area (Å²) in [4.78, 5) is 4.40. The van der Waals surface area contributed by atoms with E-state index < -0.39 is 0 Å². The highest BCUT2D eigenvalue weighted by Crippen LogP contribution is 2.31. The van der Waals surface area contributed by atoms with Crippen LogP contribution in [0, 0.1) is 0 Å². The Balaban J connectivity index is 1.57. The number of phenols is 2. The van der Waals surface area contributed by atoms with Gasteiger partial charge in [0.25, 0.3) is 0 Å². The van der Waals surface area contributed by atoms with Crippen LogP contribution in [0.15, 0.2) is 42.6 Å². The van der Waals surface area contributed by atoms with Gasteiger partial charge in [0, 0.05) is 55.5 Å². The molecular weight excluding hydrogens is 340 g/mol. The standard InChI is InChI=1S/C18H17ClN4O2/c19-16-3-1-2-15-17(11-20-21-18(15)16)23-6-4-22(5-7-23)12-8-13(24)10-14(25)9-12/h1-3,8-11,24-25H,4-7H2. The largest absolute Gasteiger partial charge is 0.508 e. The molecule has 1 aliphatic heterocycles. The van der Waals surface area contributed by atoms with Crippen molar-refractivity contribution < 1.29 is 10.2 Å². The van der Waals surface area contributed by atoms with Crippen LogP contribution in [-0.2, 0) is 0 Å². The van der Waals surface area contributed by atoms with Crippen LogP contribution in [0.4, 0.5) is 11.4 Å². The van der Waals surface area contributed by atoms with E-state index in [9.17, 15) is 10.2 Å². The highest BCUT2D eigenvalue weighted by molar-refractivity contribution is 6.35. The summed E-state index contributed by atoms with van der Waals surface area (Å²) in [5.41, 5.74) is 2.55. The Kier molecular flexibility index (Phi) is 3.97. The molecule has 128 valence electrons. The Morgan fingerprint density at radius 2 is 1.60 bits per heavy atom. The number of fused-ring (bicyclic) bond motifs is 1. The van der Waals surface area contributed by atoms with Gasteiger partial charge < -0.3 is 20.0 Å². The van der Waals surface area contributed by atoms with Crippen molar-refractivity contribution >= 4 is 33.9 Å². The summed E-state index contributed by atoms with van der Waals surface area (Å²) in [5.74, 6) is 0.132. The average Bonchev–Trinajstić information content (AvgIpc) is 2.61. The molecule has 1 aliphatic rings. The lowest BCUT2D eigenvalue weighted by Crippen LogP contribution is -2.46. The minimum absolute atomic E-state index is 0.0661. The number of nitrogens with zero attached hydrogens (tertiary/aromatic N) is 4. The molecule has 0 radical (unpaired) electrons. The Morgan fingerprint density at radius 1 is 0.920 bits per heavy atom. The zero-order valence-electron chi connectivity index (χ0n) is 13.4. The lowest BCUT2D eigenvalue weighted by Gasteiger charge is -2.37. The second-order valence-corrected chi connectivity index (χ2v) is 6.45. The van der Waals surface area contributed by atoms with Crippen LogP contribution < -0.4 is 9.80 Å². The van der Waals surface area contributed by atoms with Crippen LogP contribution in [0.25, 0.3) is 10.9 Å². The molecule has 0 spiro atoms. The SMILES string of the molecule is Oc1cc(O)cc(N2CCN(c3cnnc4c(Cl)cccc34)CC2)c1. The van der Waals surface area contributed by atoms with Crippen LogP contribution in [0.3, 0.4) is 0 Å². The smallest absolute Gasteiger partial charge is 0.121 e. The number of aromatic nitrogens is 2. The molecule has 2 N–H and O–H groups in total. The van der Waals surface area contributed by atoms with E-state index >= 15 is 0 Å². The molecule has 6 nitrogen and oxygen atoms in total. The predicted octanol–water partition coefficient (Wildman–Crippen LogP) is 3.02. The van der Waals surface area contributed by atoms with Gasteiger partial charge in [0.05, 0.1) is 16.9 Å². The summed E-state index contributed by atoms with van der Waals surface area (Å²) in [6, 6.07) is 10.4. The van der Waals surface area contributed by atoms with E-state index in [-0.39, 0.29) is 11.5 Å². The molecule has 25 heavy (non-hydrogen) atoms. The highest BCUT2D eigenvalue weighted by Gasteiger charge is 2.20.